The number of hydrogen-bond acceptors (Lipinski definition) is 6. The summed E-state index contributed by atoms with van der Waals surface area (Å²) in [5.74, 6) is 0.644. The van der Waals surface area contributed by atoms with Crippen molar-refractivity contribution in [2.75, 3.05) is 11.1 Å². The number of hydrogen-bond donors (Lipinski definition) is 2. The van der Waals surface area contributed by atoms with Crippen LogP contribution in [0.2, 0.25) is 0 Å². The number of halogens is 2. The average Bonchev–Trinajstić information content (AvgIpc) is 3.22. The molecule has 0 heterocycles. The highest BCUT2D eigenvalue weighted by Gasteiger charge is 2.34. The molecule has 0 aromatic heterocycles. The molecule has 0 saturated heterocycles. The van der Waals surface area contributed by atoms with Crippen molar-refractivity contribution in [2.45, 2.75) is 64.0 Å². The number of alkyl carbamates (subject to hydrolysis) is 1. The first-order valence-corrected chi connectivity index (χ1v) is 13.2. The molecule has 2 N–H and O–H groups in total. The Balaban J connectivity index is 2.09. The number of nitrogens with zero attached hydrogens (tertiary/aromatic N) is 1. The van der Waals surface area contributed by atoms with Crippen molar-refractivity contribution < 1.29 is 23.1 Å². The molecule has 0 saturated carbocycles. The first-order chi connectivity index (χ1) is 17.6. The van der Waals surface area contributed by atoms with Crippen LogP contribution >= 0.6 is 11.8 Å². The van der Waals surface area contributed by atoms with Gasteiger partial charge < -0.3 is 15.4 Å². The van der Waals surface area contributed by atoms with E-state index in [0.29, 0.717) is 40.3 Å². The Bertz CT molecular complexity index is 1220. The highest BCUT2D eigenvalue weighted by atomic mass is 32.2. The fourth-order valence-electron chi connectivity index (χ4n) is 3.95. The van der Waals surface area contributed by atoms with Crippen molar-refractivity contribution in [1.29, 1.82) is 5.26 Å². The third-order valence-corrected chi connectivity index (χ3v) is 7.15. The van der Waals surface area contributed by atoms with Gasteiger partial charge >= 0.3 is 6.09 Å². The number of benzene rings is 2. The minimum atomic E-state index is -2.63. The van der Waals surface area contributed by atoms with Crippen LogP contribution in [0.4, 0.5) is 19.3 Å². The van der Waals surface area contributed by atoms with Crippen LogP contribution in [-0.2, 0) is 9.53 Å². The van der Waals surface area contributed by atoms with Crippen LogP contribution in [0, 0.1) is 17.2 Å². The van der Waals surface area contributed by atoms with Gasteiger partial charge in [0.05, 0.1) is 17.7 Å². The topological polar surface area (TPSA) is 91.2 Å². The monoisotopic (exact) mass is 527 g/mol. The molecular weight excluding hydrogens is 496 g/mol. The van der Waals surface area contributed by atoms with Crippen LogP contribution in [0.1, 0.15) is 69.7 Å². The number of alkyl halides is 2. The second kappa shape index (κ2) is 12.7. The number of allylic oxidation sites excluding steroid dienone is 1. The number of Topliss-reactive ketones (excluding diaryl/α,β-unsaturated/α-hetero) is 1. The Morgan fingerprint density at radius 3 is 2.57 bits per heavy atom. The highest BCUT2D eigenvalue weighted by molar-refractivity contribution is 7.99. The summed E-state index contributed by atoms with van der Waals surface area (Å²) < 4.78 is 32.1. The molecule has 1 aliphatic rings. The lowest BCUT2D eigenvalue weighted by atomic mass is 9.95. The van der Waals surface area contributed by atoms with E-state index in [9.17, 15) is 23.6 Å². The van der Waals surface area contributed by atoms with Gasteiger partial charge in [0.25, 0.3) is 6.43 Å². The molecule has 0 spiro atoms. The summed E-state index contributed by atoms with van der Waals surface area (Å²) in [6.07, 6.45) is -3.06. The lowest BCUT2D eigenvalue weighted by Crippen LogP contribution is -2.35. The van der Waals surface area contributed by atoms with E-state index in [-0.39, 0.29) is 29.8 Å². The highest BCUT2D eigenvalue weighted by Crippen LogP contribution is 2.38. The molecule has 0 bridgehead atoms. The van der Waals surface area contributed by atoms with Gasteiger partial charge in [0.15, 0.2) is 5.78 Å². The van der Waals surface area contributed by atoms with Gasteiger partial charge in [0, 0.05) is 33.8 Å². The van der Waals surface area contributed by atoms with Crippen molar-refractivity contribution in [2.24, 2.45) is 5.92 Å². The van der Waals surface area contributed by atoms with Gasteiger partial charge in [-0.2, -0.15) is 5.26 Å². The predicted octanol–water partition coefficient (Wildman–Crippen LogP) is 7.15. The van der Waals surface area contributed by atoms with E-state index < -0.39 is 18.6 Å². The van der Waals surface area contributed by atoms with Crippen molar-refractivity contribution in [3.8, 4) is 6.07 Å². The van der Waals surface area contributed by atoms with Crippen molar-refractivity contribution in [3.63, 3.8) is 0 Å². The molecule has 2 unspecified atom stereocenters. The smallest absolute Gasteiger partial charge is 0.408 e. The normalized spacial score (nSPS) is 15.1. The second-order valence-electron chi connectivity index (χ2n) is 9.10. The largest absolute Gasteiger partial charge is 0.446 e. The van der Waals surface area contributed by atoms with Crippen molar-refractivity contribution in [1.82, 2.24) is 5.32 Å². The van der Waals surface area contributed by atoms with E-state index in [1.165, 1.54) is 30.0 Å². The number of amides is 1. The van der Waals surface area contributed by atoms with E-state index in [2.05, 4.69) is 16.7 Å². The number of nitrogens with one attached hydrogen (secondary N) is 2. The lowest BCUT2D eigenvalue weighted by molar-refractivity contribution is -0.115. The van der Waals surface area contributed by atoms with Gasteiger partial charge in [0.2, 0.25) is 0 Å². The van der Waals surface area contributed by atoms with Gasteiger partial charge in [0.1, 0.15) is 6.10 Å². The maximum Gasteiger partial charge on any atom is 0.408 e. The number of rotatable bonds is 10. The van der Waals surface area contributed by atoms with E-state index in [1.54, 1.807) is 31.2 Å². The molecule has 196 valence electrons. The van der Waals surface area contributed by atoms with Gasteiger partial charge in [-0.25, -0.2) is 13.6 Å². The molecular formula is C28H31F2N3O3S. The van der Waals surface area contributed by atoms with Gasteiger partial charge in [-0.1, -0.05) is 39.0 Å². The quantitative estimate of drug-likeness (QED) is 0.319. The standard InChI is InChI=1S/C28H31F2N3O3S/c1-5-37-24-13-18(15-31)9-10-21(24)26(33-28(35)36-17(4)16(2)3)25-22(11-12-23(25)34)32-20-8-6-7-19(14-20)27(29)30/h6-10,13-14,16-17,26-27,32H,5,11-12H2,1-4H3,(H,33,35). The molecule has 0 radical (unpaired) electrons. The number of carbonyl (C=O) groups excluding carboxylic acids is 2. The number of nitriles is 1. The first kappa shape index (κ1) is 28.2. The summed E-state index contributed by atoms with van der Waals surface area (Å²) in [5, 5.41) is 15.4. The Morgan fingerprint density at radius 2 is 1.92 bits per heavy atom. The van der Waals surface area contributed by atoms with Crippen LogP contribution in [0.5, 0.6) is 0 Å². The number of carbonyl (C=O) groups is 2. The molecule has 37 heavy (non-hydrogen) atoms. The van der Waals surface area contributed by atoms with Crippen LogP contribution in [0.25, 0.3) is 0 Å². The fourth-order valence-corrected chi connectivity index (χ4v) is 4.83. The molecule has 6 nitrogen and oxygen atoms in total. The van der Waals surface area contributed by atoms with Gasteiger partial charge in [-0.05, 0) is 54.8 Å². The minimum Gasteiger partial charge on any atom is -0.446 e. The zero-order valence-corrected chi connectivity index (χ0v) is 22.1. The zero-order chi connectivity index (χ0) is 27.1. The van der Waals surface area contributed by atoms with Crippen molar-refractivity contribution >= 4 is 29.3 Å². The summed E-state index contributed by atoms with van der Waals surface area (Å²) in [7, 11) is 0. The average molecular weight is 528 g/mol. The minimum absolute atomic E-state index is 0.0944. The van der Waals surface area contributed by atoms with E-state index in [1.807, 2.05) is 20.8 Å². The predicted molar refractivity (Wildman–Crippen MR) is 141 cm³/mol. The van der Waals surface area contributed by atoms with E-state index >= 15 is 0 Å². The SMILES string of the molecule is CCSc1cc(C#N)ccc1C(NC(=O)OC(C)C(C)C)C1=C(Nc2cccc(C(F)F)c2)CCC1=O. The number of thioether (sulfide) groups is 1. The van der Waals surface area contributed by atoms with Crippen LogP contribution < -0.4 is 10.6 Å². The lowest BCUT2D eigenvalue weighted by Gasteiger charge is -2.25. The Kier molecular flexibility index (Phi) is 9.70. The molecule has 2 aromatic rings. The molecule has 2 atom stereocenters. The molecule has 9 heteroatoms. The summed E-state index contributed by atoms with van der Waals surface area (Å²) in [6.45, 7) is 7.63. The summed E-state index contributed by atoms with van der Waals surface area (Å²) >= 11 is 1.50. The molecule has 3 rings (SSSR count). The first-order valence-electron chi connectivity index (χ1n) is 12.2. The van der Waals surface area contributed by atoms with E-state index in [0.717, 1.165) is 4.90 Å². The summed E-state index contributed by atoms with van der Waals surface area (Å²) in [6, 6.07) is 12.3. The molecule has 2 aromatic carbocycles. The van der Waals surface area contributed by atoms with Crippen LogP contribution in [0.3, 0.4) is 0 Å². The molecule has 0 fully saturated rings. The number of ether oxygens (including phenoxy) is 1. The van der Waals surface area contributed by atoms with Crippen molar-refractivity contribution in [3.05, 3.63) is 70.4 Å². The maximum atomic E-state index is 13.3. The maximum absolute atomic E-state index is 13.3. The number of anilines is 1. The summed E-state index contributed by atoms with van der Waals surface area (Å²) in [4.78, 5) is 26.9. The summed E-state index contributed by atoms with van der Waals surface area (Å²) in [5.41, 5.74) is 2.31. The second-order valence-corrected chi connectivity index (χ2v) is 10.4. The Morgan fingerprint density at radius 1 is 1.16 bits per heavy atom. The number of ketones is 1. The third-order valence-electron chi connectivity index (χ3n) is 6.20. The molecule has 1 amide bonds. The van der Waals surface area contributed by atoms with Crippen LogP contribution in [-0.4, -0.2) is 23.7 Å². The van der Waals surface area contributed by atoms with Gasteiger partial charge in [-0.15, -0.1) is 11.8 Å². The Labute approximate surface area is 220 Å². The van der Waals surface area contributed by atoms with E-state index in [4.69, 9.17) is 4.74 Å². The Hall–Kier alpha value is -3.38. The third kappa shape index (κ3) is 7.10. The fraction of sp³-hybridized carbons (Fsp3) is 0.393. The zero-order valence-electron chi connectivity index (χ0n) is 21.3. The van der Waals surface area contributed by atoms with Gasteiger partial charge in [-0.3, -0.25) is 4.79 Å². The molecule has 0 aliphatic heterocycles. The molecule has 1 aliphatic carbocycles. The van der Waals surface area contributed by atoms with Crippen LogP contribution in [0.15, 0.2) is 58.6 Å².